The number of hydrogen-bond acceptors (Lipinski definition) is 6. The van der Waals surface area contributed by atoms with Crippen LogP contribution < -0.4 is 19.3 Å². The van der Waals surface area contributed by atoms with Gasteiger partial charge in [0.25, 0.3) is 10.0 Å². The van der Waals surface area contributed by atoms with Crippen molar-refractivity contribution in [1.29, 1.82) is 0 Å². The highest BCUT2D eigenvalue weighted by atomic mass is 32.2. The second-order valence-electron chi connectivity index (χ2n) is 5.06. The minimum Gasteiger partial charge on any atom is -0.545 e. The van der Waals surface area contributed by atoms with Gasteiger partial charge in [-0.3, -0.25) is 4.72 Å². The Morgan fingerprint density at radius 3 is 2.35 bits per heavy atom. The molecule has 2 aromatic rings. The van der Waals surface area contributed by atoms with E-state index in [4.69, 9.17) is 9.47 Å². The number of carbonyl (C=O) groups excluding carboxylic acids is 1. The Morgan fingerprint density at radius 1 is 1.08 bits per heavy atom. The summed E-state index contributed by atoms with van der Waals surface area (Å²) in [6, 6.07) is 6.86. The molecule has 0 amide bonds. The molecule has 9 heteroatoms. The van der Waals surface area contributed by atoms with Crippen molar-refractivity contribution in [1.82, 2.24) is 0 Å². The van der Waals surface area contributed by atoms with Crippen molar-refractivity contribution in [2.75, 3.05) is 17.9 Å². The summed E-state index contributed by atoms with van der Waals surface area (Å²) in [7, 11) is -4.15. The van der Waals surface area contributed by atoms with Crippen LogP contribution in [0.3, 0.4) is 0 Å². The first-order valence-electron chi connectivity index (χ1n) is 7.71. The predicted molar refractivity (Wildman–Crippen MR) is 90.3 cm³/mol. The van der Waals surface area contributed by atoms with Gasteiger partial charge >= 0.3 is 0 Å². The summed E-state index contributed by atoms with van der Waals surface area (Å²) in [4.78, 5) is 10.5. The third-order valence-corrected chi connectivity index (χ3v) is 4.64. The third-order valence-electron chi connectivity index (χ3n) is 3.26. The monoisotopic (exact) mass is 382 g/mol. The van der Waals surface area contributed by atoms with E-state index in [9.17, 15) is 22.7 Å². The molecule has 7 nitrogen and oxygen atoms in total. The zero-order valence-electron chi connectivity index (χ0n) is 14.1. The van der Waals surface area contributed by atoms with Gasteiger partial charge in [0, 0.05) is 11.6 Å². The van der Waals surface area contributed by atoms with E-state index in [1.54, 1.807) is 19.9 Å². The molecule has 0 bridgehead atoms. The Hall–Kier alpha value is -2.81. The van der Waals surface area contributed by atoms with Crippen LogP contribution in [0.4, 0.5) is 10.1 Å². The Kier molecular flexibility index (Phi) is 6.04. The lowest BCUT2D eigenvalue weighted by molar-refractivity contribution is -0.255. The normalized spacial score (nSPS) is 11.0. The van der Waals surface area contributed by atoms with Crippen LogP contribution in [-0.2, 0) is 10.0 Å². The smallest absolute Gasteiger partial charge is 0.261 e. The van der Waals surface area contributed by atoms with Gasteiger partial charge in [-0.05, 0) is 44.2 Å². The summed E-state index contributed by atoms with van der Waals surface area (Å²) in [6.07, 6.45) is 0. The van der Waals surface area contributed by atoms with Gasteiger partial charge in [0.2, 0.25) is 0 Å². The molecule has 1 N–H and O–H groups in total. The molecule has 2 aromatic carbocycles. The minimum atomic E-state index is -4.15. The number of aromatic carboxylic acids is 1. The summed E-state index contributed by atoms with van der Waals surface area (Å²) in [5, 5.41) is 10.9. The molecule has 0 aliphatic carbocycles. The first-order chi connectivity index (χ1) is 12.3. The van der Waals surface area contributed by atoms with Gasteiger partial charge in [-0.15, -0.1) is 0 Å². The number of halogens is 1. The maximum Gasteiger partial charge on any atom is 0.261 e. The maximum atomic E-state index is 13.4. The largest absolute Gasteiger partial charge is 0.545 e. The highest BCUT2D eigenvalue weighted by Gasteiger charge is 2.18. The molecular weight excluding hydrogens is 365 g/mol. The zero-order valence-corrected chi connectivity index (χ0v) is 14.9. The topological polar surface area (TPSA) is 105 Å². The average molecular weight is 382 g/mol. The molecule has 0 heterocycles. The van der Waals surface area contributed by atoms with Crippen LogP contribution in [0.25, 0.3) is 0 Å². The zero-order chi connectivity index (χ0) is 19.3. The fourth-order valence-corrected chi connectivity index (χ4v) is 3.23. The summed E-state index contributed by atoms with van der Waals surface area (Å²) < 4.78 is 51.4. The maximum absolute atomic E-state index is 13.4. The highest BCUT2D eigenvalue weighted by Crippen LogP contribution is 2.31. The molecule has 0 aromatic heterocycles. The van der Waals surface area contributed by atoms with E-state index in [0.29, 0.717) is 30.8 Å². The molecular formula is C17H17FNO6S-. The molecule has 0 atom stereocenters. The molecule has 0 saturated carbocycles. The lowest BCUT2D eigenvalue weighted by atomic mass is 10.2. The Morgan fingerprint density at radius 2 is 1.73 bits per heavy atom. The third kappa shape index (κ3) is 4.42. The van der Waals surface area contributed by atoms with Crippen molar-refractivity contribution >= 4 is 21.7 Å². The van der Waals surface area contributed by atoms with E-state index in [0.717, 1.165) is 12.1 Å². The number of carboxylic acids is 1. The number of carbonyl (C=O) groups is 1. The van der Waals surface area contributed by atoms with E-state index >= 15 is 0 Å². The first-order valence-corrected chi connectivity index (χ1v) is 9.20. The average Bonchev–Trinajstić information content (AvgIpc) is 2.57. The number of sulfonamides is 1. The molecule has 26 heavy (non-hydrogen) atoms. The quantitative estimate of drug-likeness (QED) is 0.746. The van der Waals surface area contributed by atoms with Crippen LogP contribution >= 0.6 is 0 Å². The van der Waals surface area contributed by atoms with E-state index < -0.39 is 32.3 Å². The minimum absolute atomic E-state index is 0.177. The van der Waals surface area contributed by atoms with Crippen molar-refractivity contribution in [3.63, 3.8) is 0 Å². The standard InChI is InChI=1S/C17H18FNO6S/c1-3-24-15-8-5-11(9-16(15)25-4-2)19-26(22,23)12-6-7-14(18)13(10-12)17(20)21/h5-10,19H,3-4H2,1-2H3,(H,20,21)/p-1. The van der Waals surface area contributed by atoms with Gasteiger partial charge in [-0.25, -0.2) is 12.8 Å². The van der Waals surface area contributed by atoms with Crippen LogP contribution in [0.5, 0.6) is 11.5 Å². The molecule has 0 spiro atoms. The summed E-state index contributed by atoms with van der Waals surface area (Å²) >= 11 is 0. The highest BCUT2D eigenvalue weighted by molar-refractivity contribution is 7.92. The van der Waals surface area contributed by atoms with Gasteiger partial charge in [0.05, 0.1) is 29.8 Å². The molecule has 0 radical (unpaired) electrons. The fourth-order valence-electron chi connectivity index (χ4n) is 2.16. The predicted octanol–water partition coefficient (Wildman–Crippen LogP) is 1.79. The van der Waals surface area contributed by atoms with Crippen molar-refractivity contribution in [2.24, 2.45) is 0 Å². The van der Waals surface area contributed by atoms with E-state index in [2.05, 4.69) is 4.72 Å². The molecule has 0 fully saturated rings. The second-order valence-corrected chi connectivity index (χ2v) is 6.74. The first kappa shape index (κ1) is 19.5. The number of anilines is 1. The number of carboxylic acid groups (broad SMARTS) is 1. The molecule has 0 unspecified atom stereocenters. The van der Waals surface area contributed by atoms with Crippen LogP contribution in [0.1, 0.15) is 24.2 Å². The number of nitrogens with one attached hydrogen (secondary N) is 1. The van der Waals surface area contributed by atoms with Gasteiger partial charge in [-0.1, -0.05) is 0 Å². The van der Waals surface area contributed by atoms with E-state index in [1.165, 1.54) is 12.1 Å². The van der Waals surface area contributed by atoms with Crippen molar-refractivity contribution < 1.29 is 32.2 Å². The molecule has 0 saturated heterocycles. The van der Waals surface area contributed by atoms with Gasteiger partial charge < -0.3 is 19.4 Å². The summed E-state index contributed by atoms with van der Waals surface area (Å²) in [5.41, 5.74) is -0.661. The Bertz CT molecular complexity index is 913. The molecule has 2 rings (SSSR count). The van der Waals surface area contributed by atoms with E-state index in [1.807, 2.05) is 0 Å². The number of ether oxygens (including phenoxy) is 2. The summed E-state index contributed by atoms with van der Waals surface area (Å²) in [6.45, 7) is 4.33. The van der Waals surface area contributed by atoms with Crippen molar-refractivity contribution in [2.45, 2.75) is 18.7 Å². The summed E-state index contributed by atoms with van der Waals surface area (Å²) in [5.74, 6) is -2.08. The number of benzene rings is 2. The van der Waals surface area contributed by atoms with Crippen LogP contribution in [0.2, 0.25) is 0 Å². The Labute approximate surface area is 150 Å². The van der Waals surface area contributed by atoms with Gasteiger partial charge in [0.15, 0.2) is 11.5 Å². The second kappa shape index (κ2) is 8.05. The van der Waals surface area contributed by atoms with Gasteiger partial charge in [0.1, 0.15) is 5.82 Å². The number of rotatable bonds is 8. The van der Waals surface area contributed by atoms with Crippen LogP contribution in [0, 0.1) is 5.82 Å². The SMILES string of the molecule is CCOc1ccc(NS(=O)(=O)c2ccc(F)c(C(=O)[O-])c2)cc1OCC. The van der Waals surface area contributed by atoms with Crippen molar-refractivity contribution in [3.05, 3.63) is 47.8 Å². The van der Waals surface area contributed by atoms with E-state index in [-0.39, 0.29) is 5.69 Å². The molecule has 140 valence electrons. The van der Waals surface area contributed by atoms with Crippen LogP contribution in [0.15, 0.2) is 41.3 Å². The fraction of sp³-hybridized carbons (Fsp3) is 0.235. The van der Waals surface area contributed by atoms with Crippen LogP contribution in [-0.4, -0.2) is 27.6 Å². The lowest BCUT2D eigenvalue weighted by Crippen LogP contribution is -2.24. The molecule has 0 aliphatic rings. The number of hydrogen-bond donors (Lipinski definition) is 1. The lowest BCUT2D eigenvalue weighted by Gasteiger charge is -2.14. The van der Waals surface area contributed by atoms with Gasteiger partial charge in [-0.2, -0.15) is 0 Å². The Balaban J connectivity index is 2.36. The molecule has 0 aliphatic heterocycles. The van der Waals surface area contributed by atoms with Crippen molar-refractivity contribution in [3.8, 4) is 11.5 Å².